The van der Waals surface area contributed by atoms with Crippen molar-refractivity contribution in [1.29, 1.82) is 0 Å². The standard InChI is InChI=1S/C53H63FN10O8S/c1-26(2)44(60-52(67)69-5)49(65)62-15-7-9-38(62)47-56-24-36(59-47)31-20-34(54)43-40-21-32-19-30(13-14-37(32)64(40)51(72-41(43)22-31)42-25-57-48(73-42)29-11-12-29)35-23-55-46(58-35)39-10-8-16-63(39)50(66)45(61-53(68)70-6)33-17-27(3)71-28(4)18-33/h13-14,19-23,25-29,33,38-39,44-45,47,51,56H,7-12,15-18,24H2,1-6H3,(H,55,58)(H,60,67)(H,61,68). The Hall–Kier alpha value is -6.38. The SMILES string of the molecule is COC(=O)NC(C(=O)N1CCCC1C1N=C(c2cc(F)c3c(c2)OC(c2cnc(C4CC4)s2)n2c-3cc3cc(-c4cnc(C5CCCN5C(=O)C(NC(=O)OC)C5CC(C)OC(C)C5)[nH]4)ccc32)CN1)C(C)C. The molecule has 11 rings (SSSR count). The molecule has 3 saturated heterocycles. The number of thiazole rings is 1. The van der Waals surface area contributed by atoms with Crippen molar-refractivity contribution in [2.45, 2.75) is 134 Å². The second kappa shape index (κ2) is 19.8. The number of aromatic nitrogens is 4. The maximum Gasteiger partial charge on any atom is 0.407 e. The minimum absolute atomic E-state index is 0.0503. The Morgan fingerprint density at radius 1 is 0.877 bits per heavy atom. The number of methoxy groups -OCH3 is 2. The summed E-state index contributed by atoms with van der Waals surface area (Å²) in [7, 11) is 2.58. The third-order valence-corrected chi connectivity index (χ3v) is 16.7. The fourth-order valence-corrected chi connectivity index (χ4v) is 12.9. The molecule has 0 bridgehead atoms. The first kappa shape index (κ1) is 48.9. The number of ether oxygens (including phenoxy) is 4. The van der Waals surface area contributed by atoms with E-state index in [1.54, 1.807) is 22.4 Å². The smallest absolute Gasteiger partial charge is 0.407 e. The molecule has 1 aliphatic carbocycles. The molecule has 8 heterocycles. The topological polar surface area (TPSA) is 207 Å². The number of halogens is 1. The number of hydrogen-bond donors (Lipinski definition) is 4. The highest BCUT2D eigenvalue weighted by molar-refractivity contribution is 7.11. The molecule has 1 saturated carbocycles. The van der Waals surface area contributed by atoms with Crippen molar-refractivity contribution in [3.8, 4) is 28.3 Å². The number of hydrogen-bond acceptors (Lipinski definition) is 13. The Kier molecular flexibility index (Phi) is 13.3. The van der Waals surface area contributed by atoms with Crippen LogP contribution in [0, 0.1) is 17.7 Å². The molecule has 0 radical (unpaired) electrons. The first-order valence-electron chi connectivity index (χ1n) is 25.7. The van der Waals surface area contributed by atoms with E-state index in [-0.39, 0.29) is 47.9 Å². The fourth-order valence-electron chi connectivity index (χ4n) is 11.8. The molecule has 4 fully saturated rings. The van der Waals surface area contributed by atoms with Gasteiger partial charge in [-0.1, -0.05) is 19.9 Å². The molecule has 73 heavy (non-hydrogen) atoms. The lowest BCUT2D eigenvalue weighted by Gasteiger charge is -2.38. The zero-order chi connectivity index (χ0) is 50.8. The number of aromatic amines is 1. The van der Waals surface area contributed by atoms with E-state index in [4.69, 9.17) is 33.9 Å². The van der Waals surface area contributed by atoms with Gasteiger partial charge >= 0.3 is 12.2 Å². The van der Waals surface area contributed by atoms with Crippen LogP contribution in [0.5, 0.6) is 5.75 Å². The largest absolute Gasteiger partial charge is 0.464 e. The highest BCUT2D eigenvalue weighted by Crippen LogP contribution is 2.49. The van der Waals surface area contributed by atoms with Crippen LogP contribution in [0.15, 0.2) is 53.8 Å². The lowest BCUT2D eigenvalue weighted by Crippen LogP contribution is -2.55. The number of nitrogens with one attached hydrogen (secondary N) is 4. The Labute approximate surface area is 426 Å². The van der Waals surface area contributed by atoms with E-state index in [0.29, 0.717) is 78.9 Å². The normalized spacial score (nSPS) is 25.5. The van der Waals surface area contributed by atoms with E-state index in [1.165, 1.54) is 20.3 Å². The number of nitrogens with zero attached hydrogens (tertiary/aromatic N) is 6. The molecular weight excluding hydrogens is 956 g/mol. The summed E-state index contributed by atoms with van der Waals surface area (Å²) in [5, 5.41) is 11.0. The van der Waals surface area contributed by atoms with Crippen molar-refractivity contribution < 1.29 is 42.5 Å². The van der Waals surface area contributed by atoms with E-state index in [9.17, 15) is 19.2 Å². The van der Waals surface area contributed by atoms with Crippen molar-refractivity contribution in [2.75, 3.05) is 33.9 Å². The molecule has 8 unspecified atom stereocenters. The summed E-state index contributed by atoms with van der Waals surface area (Å²) < 4.78 is 41.7. The second-order valence-corrected chi connectivity index (χ2v) is 21.9. The van der Waals surface area contributed by atoms with E-state index >= 15 is 4.39 Å². The zero-order valence-electron chi connectivity index (χ0n) is 42.0. The van der Waals surface area contributed by atoms with Gasteiger partial charge in [0, 0.05) is 48.3 Å². The highest BCUT2D eigenvalue weighted by atomic mass is 32.1. The molecule has 5 aliphatic heterocycles. The quantitative estimate of drug-likeness (QED) is 0.0949. The molecule has 2 aromatic carbocycles. The molecule has 0 spiro atoms. The molecular formula is C53H63FN10O8S. The molecule has 20 heteroatoms. The van der Waals surface area contributed by atoms with Crippen LogP contribution in [0.2, 0.25) is 0 Å². The van der Waals surface area contributed by atoms with Crippen molar-refractivity contribution in [2.24, 2.45) is 16.8 Å². The lowest BCUT2D eigenvalue weighted by atomic mass is 9.85. The molecule has 386 valence electrons. The van der Waals surface area contributed by atoms with Gasteiger partial charge in [0.05, 0.1) is 82.8 Å². The van der Waals surface area contributed by atoms with Crippen LogP contribution in [0.1, 0.15) is 119 Å². The molecule has 8 atom stereocenters. The van der Waals surface area contributed by atoms with E-state index < -0.39 is 42.5 Å². The third-order valence-electron chi connectivity index (χ3n) is 15.5. The molecule has 5 aromatic rings. The number of amides is 4. The Morgan fingerprint density at radius 2 is 1.63 bits per heavy atom. The van der Waals surface area contributed by atoms with Crippen LogP contribution in [0.25, 0.3) is 33.4 Å². The summed E-state index contributed by atoms with van der Waals surface area (Å²) in [6, 6.07) is 9.42. The maximum atomic E-state index is 17.0. The van der Waals surface area contributed by atoms with Gasteiger partial charge < -0.3 is 44.4 Å². The first-order valence-corrected chi connectivity index (χ1v) is 26.5. The van der Waals surface area contributed by atoms with E-state index in [2.05, 4.69) is 31.6 Å². The van der Waals surface area contributed by atoms with Crippen LogP contribution < -0.4 is 20.7 Å². The lowest BCUT2D eigenvalue weighted by molar-refractivity contribution is -0.138. The predicted octanol–water partition coefficient (Wildman–Crippen LogP) is 7.79. The van der Waals surface area contributed by atoms with Crippen LogP contribution in [0.4, 0.5) is 14.0 Å². The van der Waals surface area contributed by atoms with Gasteiger partial charge in [-0.25, -0.2) is 23.9 Å². The van der Waals surface area contributed by atoms with Gasteiger partial charge in [-0.15, -0.1) is 11.3 Å². The molecule has 4 amide bonds. The van der Waals surface area contributed by atoms with E-state index in [0.717, 1.165) is 64.1 Å². The summed E-state index contributed by atoms with van der Waals surface area (Å²) >= 11 is 1.63. The Morgan fingerprint density at radius 3 is 2.38 bits per heavy atom. The monoisotopic (exact) mass is 1020 g/mol. The van der Waals surface area contributed by atoms with Gasteiger partial charge in [0.2, 0.25) is 18.0 Å². The van der Waals surface area contributed by atoms with Crippen LogP contribution in [-0.2, 0) is 23.8 Å². The molecule has 4 N–H and O–H groups in total. The van der Waals surface area contributed by atoms with Gasteiger partial charge in [0.1, 0.15) is 35.6 Å². The minimum Gasteiger partial charge on any atom is -0.464 e. The van der Waals surface area contributed by atoms with Gasteiger partial charge in [-0.2, -0.15) is 0 Å². The molecule has 6 aliphatic rings. The predicted molar refractivity (Wildman–Crippen MR) is 271 cm³/mol. The number of imidazole rings is 1. The average Bonchev–Trinajstić information content (AvgIpc) is 4.10. The minimum atomic E-state index is -0.769. The van der Waals surface area contributed by atoms with Gasteiger partial charge in [-0.3, -0.25) is 24.5 Å². The number of likely N-dealkylation sites (tertiary alicyclic amines) is 2. The van der Waals surface area contributed by atoms with Crippen LogP contribution in [0.3, 0.4) is 0 Å². The van der Waals surface area contributed by atoms with Crippen molar-refractivity contribution >= 4 is 52.0 Å². The Balaban J connectivity index is 0.885. The number of fused-ring (bicyclic) bond motifs is 5. The number of alkyl carbamates (subject to hydrolysis) is 2. The van der Waals surface area contributed by atoms with E-state index in [1.807, 2.05) is 63.1 Å². The molecule has 3 aromatic heterocycles. The number of benzene rings is 2. The summed E-state index contributed by atoms with van der Waals surface area (Å²) in [4.78, 5) is 75.9. The number of H-pyrrole nitrogens is 1. The second-order valence-electron chi connectivity index (χ2n) is 20.8. The first-order chi connectivity index (χ1) is 35.3. The van der Waals surface area contributed by atoms with Gasteiger partial charge in [0.25, 0.3) is 0 Å². The molecule has 18 nitrogen and oxygen atoms in total. The zero-order valence-corrected chi connectivity index (χ0v) is 42.8. The summed E-state index contributed by atoms with van der Waals surface area (Å²) in [6.07, 6.45) is 7.73. The van der Waals surface area contributed by atoms with Gasteiger partial charge in [0.15, 0.2) is 0 Å². The van der Waals surface area contributed by atoms with Gasteiger partial charge in [-0.05, 0) is 107 Å². The highest BCUT2D eigenvalue weighted by Gasteiger charge is 2.44. The fraction of sp³-hybridized carbons (Fsp3) is 0.528. The van der Waals surface area contributed by atoms with Crippen LogP contribution in [-0.4, -0.2) is 129 Å². The summed E-state index contributed by atoms with van der Waals surface area (Å²) in [6.45, 7) is 9.20. The average molecular weight is 1020 g/mol. The maximum absolute atomic E-state index is 17.0. The van der Waals surface area contributed by atoms with Crippen molar-refractivity contribution in [1.82, 2.24) is 45.3 Å². The summed E-state index contributed by atoms with van der Waals surface area (Å²) in [5.41, 5.74) is 4.75. The van der Waals surface area contributed by atoms with Crippen molar-refractivity contribution in [3.63, 3.8) is 0 Å². The summed E-state index contributed by atoms with van der Waals surface area (Å²) in [5.74, 6) is 0.430. The number of carbonyl (C=O) groups is 4. The third kappa shape index (κ3) is 9.34. The van der Waals surface area contributed by atoms with Crippen molar-refractivity contribution in [3.05, 3.63) is 75.9 Å². The number of carbonyl (C=O) groups excluding carboxylic acids is 4. The van der Waals surface area contributed by atoms with Crippen LogP contribution >= 0.6 is 11.3 Å². The number of aliphatic imine (C=N–C) groups is 1. The number of rotatable bonds is 12. The Bertz CT molecular complexity index is 2970.